The lowest BCUT2D eigenvalue weighted by atomic mass is 9.97. The van der Waals surface area contributed by atoms with E-state index in [2.05, 4.69) is 16.2 Å². The normalized spacial score (nSPS) is 17.0. The van der Waals surface area contributed by atoms with E-state index in [9.17, 15) is 9.90 Å². The first-order chi connectivity index (χ1) is 13.0. The number of benzene rings is 1. The van der Waals surface area contributed by atoms with E-state index in [1.165, 1.54) is 5.56 Å². The lowest BCUT2D eigenvalue weighted by Crippen LogP contribution is -2.29. The average molecular weight is 365 g/mol. The lowest BCUT2D eigenvalue weighted by Gasteiger charge is -2.17. The van der Waals surface area contributed by atoms with Crippen LogP contribution in [0, 0.1) is 19.8 Å². The van der Waals surface area contributed by atoms with Crippen LogP contribution in [0.1, 0.15) is 39.3 Å². The fourth-order valence-electron chi connectivity index (χ4n) is 3.93. The molecule has 4 rings (SSSR count). The van der Waals surface area contributed by atoms with Crippen LogP contribution in [0.4, 0.5) is 0 Å². The van der Waals surface area contributed by atoms with Gasteiger partial charge >= 0.3 is 0 Å². The van der Waals surface area contributed by atoms with Crippen molar-refractivity contribution >= 4 is 17.0 Å². The van der Waals surface area contributed by atoms with Crippen molar-refractivity contribution in [1.29, 1.82) is 0 Å². The average Bonchev–Trinajstić information content (AvgIpc) is 3.27. The Morgan fingerprint density at radius 3 is 2.93 bits per heavy atom. The summed E-state index contributed by atoms with van der Waals surface area (Å²) >= 11 is 0. The summed E-state index contributed by atoms with van der Waals surface area (Å²) in [7, 11) is 0. The van der Waals surface area contributed by atoms with Gasteiger partial charge in [-0.25, -0.2) is 4.98 Å². The topological polar surface area (TPSA) is 79.5 Å². The Bertz CT molecular complexity index is 996. The molecular weight excluding hydrogens is 342 g/mol. The number of aliphatic hydroxyl groups is 1. The Labute approximate surface area is 157 Å². The number of hydrogen-bond donors (Lipinski definition) is 1. The molecular formula is C21H23N3O3. The minimum atomic E-state index is 0.0170. The van der Waals surface area contributed by atoms with Crippen molar-refractivity contribution in [3.63, 3.8) is 0 Å². The highest BCUT2D eigenvalue weighted by atomic mass is 16.5. The third kappa shape index (κ3) is 3.45. The van der Waals surface area contributed by atoms with Crippen LogP contribution in [0.3, 0.4) is 0 Å². The van der Waals surface area contributed by atoms with Crippen LogP contribution >= 0.6 is 0 Å². The van der Waals surface area contributed by atoms with Crippen molar-refractivity contribution in [2.24, 2.45) is 5.92 Å². The Morgan fingerprint density at radius 2 is 2.11 bits per heavy atom. The lowest BCUT2D eigenvalue weighted by molar-refractivity contribution is 0.0788. The van der Waals surface area contributed by atoms with Crippen LogP contribution in [-0.4, -0.2) is 39.1 Å². The van der Waals surface area contributed by atoms with Crippen molar-refractivity contribution < 1.29 is 14.4 Å². The van der Waals surface area contributed by atoms with Crippen LogP contribution < -0.4 is 0 Å². The SMILES string of the molecule is Cc1cc(C(=O)N2CC[C@@H](Cc3cccc(CO)c3)C2)c2c(C)noc2n1. The number of likely N-dealkylation sites (tertiary alicyclic amines) is 1. The maximum atomic E-state index is 13.2. The molecule has 0 spiro atoms. The molecule has 1 aliphatic rings. The number of aliphatic hydroxyl groups excluding tert-OH is 1. The maximum Gasteiger partial charge on any atom is 0.258 e. The van der Waals surface area contributed by atoms with E-state index >= 15 is 0 Å². The van der Waals surface area contributed by atoms with Gasteiger partial charge in [0, 0.05) is 18.8 Å². The van der Waals surface area contributed by atoms with Gasteiger partial charge in [0.25, 0.3) is 11.6 Å². The van der Waals surface area contributed by atoms with Crippen LogP contribution in [0.25, 0.3) is 11.1 Å². The summed E-state index contributed by atoms with van der Waals surface area (Å²) in [4.78, 5) is 19.4. The highest BCUT2D eigenvalue weighted by molar-refractivity contribution is 6.06. The minimum absolute atomic E-state index is 0.0170. The van der Waals surface area contributed by atoms with E-state index in [0.717, 1.165) is 37.2 Å². The third-order valence-corrected chi connectivity index (χ3v) is 5.25. The standard InChI is InChI=1S/C21H23N3O3/c1-13-8-18(19-14(2)23-27-20(19)22-13)21(26)24-7-6-16(11-24)9-15-4-3-5-17(10-15)12-25/h3-5,8,10,16,25H,6-7,9,11-12H2,1-2H3/t16-/m0/s1. The van der Waals surface area contributed by atoms with Gasteiger partial charge in [0.15, 0.2) is 0 Å². The fourth-order valence-corrected chi connectivity index (χ4v) is 3.93. The first-order valence-corrected chi connectivity index (χ1v) is 9.26. The monoisotopic (exact) mass is 365 g/mol. The van der Waals surface area contributed by atoms with Crippen molar-refractivity contribution in [2.45, 2.75) is 33.3 Å². The quantitative estimate of drug-likeness (QED) is 0.769. The molecule has 1 aromatic carbocycles. The molecule has 0 radical (unpaired) electrons. The summed E-state index contributed by atoms with van der Waals surface area (Å²) in [6.45, 7) is 5.22. The number of carbonyl (C=O) groups excluding carboxylic acids is 1. The van der Waals surface area contributed by atoms with Gasteiger partial charge in [-0.3, -0.25) is 4.79 Å². The number of amides is 1. The number of nitrogens with zero attached hydrogens (tertiary/aromatic N) is 3. The summed E-state index contributed by atoms with van der Waals surface area (Å²) < 4.78 is 5.25. The van der Waals surface area contributed by atoms with Gasteiger partial charge in [-0.2, -0.15) is 0 Å². The first-order valence-electron chi connectivity index (χ1n) is 9.26. The van der Waals surface area contributed by atoms with Crippen LogP contribution in [0.5, 0.6) is 0 Å². The molecule has 1 N–H and O–H groups in total. The third-order valence-electron chi connectivity index (χ3n) is 5.25. The number of pyridine rings is 1. The van der Waals surface area contributed by atoms with Gasteiger partial charge in [0.05, 0.1) is 23.3 Å². The number of aryl methyl sites for hydroxylation is 2. The van der Waals surface area contributed by atoms with E-state index in [1.54, 1.807) is 0 Å². The number of aromatic nitrogens is 2. The van der Waals surface area contributed by atoms with E-state index < -0.39 is 0 Å². The Hall–Kier alpha value is -2.73. The molecule has 1 amide bonds. The van der Waals surface area contributed by atoms with Gasteiger partial charge in [0.2, 0.25) is 0 Å². The zero-order valence-corrected chi connectivity index (χ0v) is 15.6. The molecule has 140 valence electrons. The molecule has 0 unspecified atom stereocenters. The number of fused-ring (bicyclic) bond motifs is 1. The highest BCUT2D eigenvalue weighted by Gasteiger charge is 2.29. The van der Waals surface area contributed by atoms with Crippen LogP contribution in [0.2, 0.25) is 0 Å². The molecule has 1 atom stereocenters. The number of hydrogen-bond acceptors (Lipinski definition) is 5. The summed E-state index contributed by atoms with van der Waals surface area (Å²) in [5.74, 6) is 0.438. The van der Waals surface area contributed by atoms with Crippen molar-refractivity contribution in [3.8, 4) is 0 Å². The second-order valence-corrected chi connectivity index (χ2v) is 7.35. The van der Waals surface area contributed by atoms with Crippen LogP contribution in [-0.2, 0) is 13.0 Å². The Morgan fingerprint density at radius 1 is 1.30 bits per heavy atom. The molecule has 0 aliphatic carbocycles. The Kier molecular flexibility index (Phi) is 4.66. The molecule has 3 heterocycles. The van der Waals surface area contributed by atoms with E-state index in [0.29, 0.717) is 28.3 Å². The minimum Gasteiger partial charge on any atom is -0.392 e. The molecule has 1 saturated heterocycles. The molecule has 3 aromatic rings. The molecule has 6 heteroatoms. The molecule has 27 heavy (non-hydrogen) atoms. The second-order valence-electron chi connectivity index (χ2n) is 7.35. The van der Waals surface area contributed by atoms with Gasteiger partial charge in [-0.15, -0.1) is 0 Å². The molecule has 2 aromatic heterocycles. The van der Waals surface area contributed by atoms with Crippen molar-refractivity contribution in [3.05, 3.63) is 58.4 Å². The molecule has 1 aliphatic heterocycles. The smallest absolute Gasteiger partial charge is 0.258 e. The van der Waals surface area contributed by atoms with Gasteiger partial charge < -0.3 is 14.5 Å². The van der Waals surface area contributed by atoms with Gasteiger partial charge in [-0.1, -0.05) is 29.4 Å². The summed E-state index contributed by atoms with van der Waals surface area (Å²) in [6.07, 6.45) is 1.89. The summed E-state index contributed by atoms with van der Waals surface area (Å²) in [5.41, 5.74) is 4.62. The predicted molar refractivity (Wildman–Crippen MR) is 101 cm³/mol. The zero-order chi connectivity index (χ0) is 19.0. The van der Waals surface area contributed by atoms with E-state index in [4.69, 9.17) is 4.52 Å². The molecule has 6 nitrogen and oxygen atoms in total. The maximum absolute atomic E-state index is 13.2. The largest absolute Gasteiger partial charge is 0.392 e. The predicted octanol–water partition coefficient (Wildman–Crippen LogP) is 3.04. The summed E-state index contributed by atoms with van der Waals surface area (Å²) in [6, 6.07) is 9.85. The first kappa shape index (κ1) is 17.7. The van der Waals surface area contributed by atoms with Crippen molar-refractivity contribution in [1.82, 2.24) is 15.0 Å². The zero-order valence-electron chi connectivity index (χ0n) is 15.6. The fraction of sp³-hybridized carbons (Fsp3) is 0.381. The van der Waals surface area contributed by atoms with E-state index in [-0.39, 0.29) is 12.5 Å². The summed E-state index contributed by atoms with van der Waals surface area (Å²) in [5, 5.41) is 14.0. The molecule has 1 fully saturated rings. The number of rotatable bonds is 4. The van der Waals surface area contributed by atoms with Crippen molar-refractivity contribution in [2.75, 3.05) is 13.1 Å². The Balaban J connectivity index is 1.52. The highest BCUT2D eigenvalue weighted by Crippen LogP contribution is 2.27. The van der Waals surface area contributed by atoms with Gasteiger partial charge in [-0.05, 0) is 49.8 Å². The van der Waals surface area contributed by atoms with Crippen LogP contribution in [0.15, 0.2) is 34.9 Å². The number of carbonyl (C=O) groups is 1. The van der Waals surface area contributed by atoms with E-state index in [1.807, 2.05) is 43.0 Å². The molecule has 0 bridgehead atoms. The second kappa shape index (κ2) is 7.12. The molecule has 0 saturated carbocycles. The van der Waals surface area contributed by atoms with Gasteiger partial charge in [0.1, 0.15) is 0 Å².